The summed E-state index contributed by atoms with van der Waals surface area (Å²) in [6, 6.07) is 41.6. The van der Waals surface area contributed by atoms with Crippen LogP contribution in [-0.2, 0) is 9.53 Å². The number of ether oxygens (including phenoxy) is 2. The minimum atomic E-state index is -0.296. The van der Waals surface area contributed by atoms with Gasteiger partial charge in [-0.3, -0.25) is 0 Å². The maximum absolute atomic E-state index is 11.4. The molecule has 11 heteroatoms. The minimum absolute atomic E-state index is 0.202. The molecule has 0 amide bonds. The molecule has 68 heavy (non-hydrogen) atoms. The van der Waals surface area contributed by atoms with E-state index in [0.29, 0.717) is 18.8 Å². The average molecular weight is 905 g/mol. The smallest absolute Gasteiger partial charge is 0.333 e. The van der Waals surface area contributed by atoms with Crippen LogP contribution in [0.5, 0.6) is 5.75 Å². The summed E-state index contributed by atoms with van der Waals surface area (Å²) in [6.45, 7) is 8.64. The summed E-state index contributed by atoms with van der Waals surface area (Å²) in [5.74, 6) is 0.534. The van der Waals surface area contributed by atoms with E-state index >= 15 is 0 Å². The summed E-state index contributed by atoms with van der Waals surface area (Å²) in [5.41, 5.74) is 9.04. The van der Waals surface area contributed by atoms with Crippen molar-refractivity contribution in [1.29, 1.82) is 0 Å². The zero-order valence-electron chi connectivity index (χ0n) is 39.2. The second kappa shape index (κ2) is 19.5. The van der Waals surface area contributed by atoms with Crippen molar-refractivity contribution < 1.29 is 14.3 Å². The van der Waals surface area contributed by atoms with Crippen molar-refractivity contribution in [2.24, 2.45) is 20.5 Å². The molecule has 2 spiro atoms. The van der Waals surface area contributed by atoms with Crippen molar-refractivity contribution in [2.75, 3.05) is 34.5 Å². The van der Waals surface area contributed by atoms with Crippen LogP contribution in [0.15, 0.2) is 154 Å². The van der Waals surface area contributed by atoms with Crippen LogP contribution in [0.25, 0.3) is 32.3 Å². The van der Waals surface area contributed by atoms with Gasteiger partial charge in [0.1, 0.15) is 17.1 Å². The fraction of sp³-hybridized carbons (Fsp3) is 0.316. The maximum atomic E-state index is 11.4. The zero-order valence-corrected chi connectivity index (χ0v) is 39.2. The lowest BCUT2D eigenvalue weighted by molar-refractivity contribution is -0.139. The van der Waals surface area contributed by atoms with Gasteiger partial charge < -0.3 is 30.7 Å². The van der Waals surface area contributed by atoms with Crippen molar-refractivity contribution in [1.82, 2.24) is 0 Å². The number of hydrogen-bond acceptors (Lipinski definition) is 11. The van der Waals surface area contributed by atoms with Gasteiger partial charge in [0.25, 0.3) is 0 Å². The Morgan fingerprint density at radius 1 is 0.515 bits per heavy atom. The van der Waals surface area contributed by atoms with Gasteiger partial charge in [-0.2, -0.15) is 5.11 Å². The van der Waals surface area contributed by atoms with Gasteiger partial charge in [0.15, 0.2) is 0 Å². The number of azo groups is 2. The molecule has 0 unspecified atom stereocenters. The lowest BCUT2D eigenvalue weighted by atomic mass is 9.78. The first kappa shape index (κ1) is 44.6. The summed E-state index contributed by atoms with van der Waals surface area (Å²) in [4.78, 5) is 11.4. The van der Waals surface area contributed by atoms with E-state index in [-0.39, 0.29) is 17.3 Å². The van der Waals surface area contributed by atoms with Crippen LogP contribution in [0.2, 0.25) is 0 Å². The first-order valence-electron chi connectivity index (χ1n) is 24.4. The van der Waals surface area contributed by atoms with Crippen molar-refractivity contribution >= 4 is 83.8 Å². The van der Waals surface area contributed by atoms with E-state index in [0.717, 1.165) is 119 Å². The number of anilines is 4. The summed E-state index contributed by atoms with van der Waals surface area (Å²) in [6.07, 6.45) is 12.7. The zero-order chi connectivity index (χ0) is 46.5. The number of nitrogens with zero attached hydrogens (tertiary/aromatic N) is 4. The van der Waals surface area contributed by atoms with Crippen LogP contribution < -0.4 is 26.0 Å². The molecule has 0 bridgehead atoms. The van der Waals surface area contributed by atoms with E-state index in [2.05, 4.69) is 118 Å². The number of esters is 1. The number of carbonyl (C=O) groups is 1. The lowest BCUT2D eigenvalue weighted by Gasteiger charge is -2.52. The average Bonchev–Trinajstić information content (AvgIpc) is 3.36. The molecule has 1 fully saturated rings. The molecule has 7 aromatic rings. The molecule has 0 aromatic heterocycles. The Bertz CT molecular complexity index is 3030. The van der Waals surface area contributed by atoms with Crippen LogP contribution in [0.3, 0.4) is 0 Å². The summed E-state index contributed by atoms with van der Waals surface area (Å²) < 4.78 is 11.2. The van der Waals surface area contributed by atoms with Gasteiger partial charge in [0.2, 0.25) is 0 Å². The van der Waals surface area contributed by atoms with Gasteiger partial charge in [-0.15, -0.1) is 15.3 Å². The normalized spacial score (nSPS) is 18.2. The number of fused-ring (bicyclic) bond motifs is 1. The van der Waals surface area contributed by atoms with Gasteiger partial charge in [0, 0.05) is 55.3 Å². The highest BCUT2D eigenvalue weighted by atomic mass is 16.5. The van der Waals surface area contributed by atoms with E-state index in [1.165, 1.54) is 47.0 Å². The Balaban J connectivity index is 0.732. The minimum Gasteiger partial charge on any atom is -0.494 e. The highest BCUT2D eigenvalue weighted by Gasteiger charge is 2.46. The molecule has 2 aliphatic heterocycles. The molecule has 346 valence electrons. The molecule has 0 radical (unpaired) electrons. The summed E-state index contributed by atoms with van der Waals surface area (Å²) >= 11 is 0. The summed E-state index contributed by atoms with van der Waals surface area (Å²) in [7, 11) is 0. The predicted octanol–water partition coefficient (Wildman–Crippen LogP) is 16.2. The van der Waals surface area contributed by atoms with Gasteiger partial charge in [-0.25, -0.2) is 4.79 Å². The molecular formula is C57H60N8O3. The highest BCUT2D eigenvalue weighted by Crippen LogP contribution is 2.50. The maximum Gasteiger partial charge on any atom is 0.333 e. The largest absolute Gasteiger partial charge is 0.494 e. The molecule has 1 saturated carbocycles. The van der Waals surface area contributed by atoms with Crippen LogP contribution >= 0.6 is 0 Å². The highest BCUT2D eigenvalue weighted by molar-refractivity contribution is 6.10. The molecular weight excluding hydrogens is 845 g/mol. The monoisotopic (exact) mass is 904 g/mol. The second-order valence-electron chi connectivity index (χ2n) is 18.8. The van der Waals surface area contributed by atoms with E-state index in [4.69, 9.17) is 19.7 Å². The van der Waals surface area contributed by atoms with Gasteiger partial charge in [-0.05, 0) is 130 Å². The molecule has 3 aliphatic rings. The Morgan fingerprint density at radius 2 is 0.971 bits per heavy atom. The molecule has 11 nitrogen and oxygen atoms in total. The standard InChI is InChI=1S/C57H60N8O3/c1-38(2)55(66)68-37-13-9-7-5-4-6-8-12-36-67-41-25-23-40(24-26-41)62-63-46-28-29-47(44-17-11-10-16-43(44)46)64-65-48-30-31-52-54-45(48)19-15-21-50(54)59-57(61-52)34-32-56(33-35-57)58-49-20-14-18-42-39(3)22-27-51(60-56)53(42)49/h10-11,14-31,58-61H,1,4-9,12-13,32-37H2,2-3H3. The van der Waals surface area contributed by atoms with Gasteiger partial charge in [0.05, 0.1) is 36.0 Å². The van der Waals surface area contributed by atoms with Crippen LogP contribution in [0.4, 0.5) is 45.5 Å². The number of benzene rings is 7. The molecule has 4 N–H and O–H groups in total. The number of unbranched alkanes of at least 4 members (excludes halogenated alkanes) is 7. The van der Waals surface area contributed by atoms with E-state index in [1.54, 1.807) is 6.92 Å². The Kier molecular flexibility index (Phi) is 12.8. The third kappa shape index (κ3) is 9.47. The van der Waals surface area contributed by atoms with Crippen molar-refractivity contribution in [2.45, 2.75) is 102 Å². The van der Waals surface area contributed by atoms with Gasteiger partial charge >= 0.3 is 5.97 Å². The van der Waals surface area contributed by atoms with E-state index in [1.807, 2.05) is 48.5 Å². The topological polar surface area (TPSA) is 133 Å². The summed E-state index contributed by atoms with van der Waals surface area (Å²) in [5, 5.41) is 41.4. The predicted molar refractivity (Wildman–Crippen MR) is 278 cm³/mol. The number of rotatable bonds is 17. The Morgan fingerprint density at radius 3 is 1.56 bits per heavy atom. The van der Waals surface area contributed by atoms with Crippen LogP contribution in [-0.4, -0.2) is 30.5 Å². The first-order chi connectivity index (χ1) is 33.3. The third-order valence-corrected chi connectivity index (χ3v) is 13.9. The van der Waals surface area contributed by atoms with Crippen molar-refractivity contribution in [3.63, 3.8) is 0 Å². The Labute approximate surface area is 398 Å². The number of nitrogens with one attached hydrogen (secondary N) is 4. The Hall–Kier alpha value is -7.27. The number of carbonyl (C=O) groups excluding carboxylic acids is 1. The SMILES string of the molecule is C=C(C)C(=O)OCCCCCCCCCCOc1ccc(N=Nc2ccc(N=Nc3ccc4c5c(cccc35)NC3(CCC5(CC3)Nc3cccc6c(C)ccc(c36)N5)N4)c3ccccc23)cc1. The third-order valence-electron chi connectivity index (χ3n) is 13.9. The van der Waals surface area contributed by atoms with Crippen molar-refractivity contribution in [3.05, 3.63) is 139 Å². The molecule has 7 aromatic carbocycles. The molecule has 0 atom stereocenters. The number of aryl methyl sites for hydroxylation is 1. The fourth-order valence-electron chi connectivity index (χ4n) is 10.2. The number of hydrogen-bond donors (Lipinski definition) is 4. The van der Waals surface area contributed by atoms with E-state index in [9.17, 15) is 4.79 Å². The van der Waals surface area contributed by atoms with E-state index < -0.39 is 0 Å². The second-order valence-corrected chi connectivity index (χ2v) is 18.8. The van der Waals surface area contributed by atoms with Crippen LogP contribution in [0, 0.1) is 6.92 Å². The molecule has 0 saturated heterocycles. The van der Waals surface area contributed by atoms with Gasteiger partial charge in [-0.1, -0.05) is 99.7 Å². The first-order valence-corrected chi connectivity index (χ1v) is 24.4. The lowest BCUT2D eigenvalue weighted by Crippen LogP contribution is -2.59. The molecule has 2 heterocycles. The van der Waals surface area contributed by atoms with Crippen LogP contribution in [0.1, 0.15) is 89.5 Å². The molecule has 1 aliphatic carbocycles. The quantitative estimate of drug-likeness (QED) is 0.0309. The fourth-order valence-corrected chi connectivity index (χ4v) is 10.2. The van der Waals surface area contributed by atoms with Crippen molar-refractivity contribution in [3.8, 4) is 5.75 Å². The molecule has 10 rings (SSSR count).